The van der Waals surface area contributed by atoms with Crippen molar-refractivity contribution < 1.29 is 9.53 Å². The van der Waals surface area contributed by atoms with Crippen molar-refractivity contribution in [1.29, 1.82) is 0 Å². The molecule has 0 aromatic carbocycles. The molecule has 1 unspecified atom stereocenters. The van der Waals surface area contributed by atoms with E-state index in [2.05, 4.69) is 10.3 Å². The second-order valence-electron chi connectivity index (χ2n) is 3.98. The number of carbonyl (C=O) groups excluding carboxylic acids is 1. The fourth-order valence-electron chi connectivity index (χ4n) is 1.84. The van der Waals surface area contributed by atoms with Crippen molar-refractivity contribution in [2.75, 3.05) is 13.2 Å². The molecule has 0 bridgehead atoms. The van der Waals surface area contributed by atoms with Gasteiger partial charge in [0.05, 0.1) is 11.1 Å². The summed E-state index contributed by atoms with van der Waals surface area (Å²) in [4.78, 5) is 17.0. The Bertz CT molecular complexity index is 383. The summed E-state index contributed by atoms with van der Waals surface area (Å²) in [5, 5.41) is 3.81. The van der Waals surface area contributed by atoms with Gasteiger partial charge in [-0.2, -0.15) is 0 Å². The van der Waals surface area contributed by atoms with Gasteiger partial charge in [-0.15, -0.1) is 11.3 Å². The molecule has 0 saturated carbocycles. The second kappa shape index (κ2) is 4.93. The molecule has 1 aliphatic rings. The van der Waals surface area contributed by atoms with Gasteiger partial charge in [-0.1, -0.05) is 0 Å². The SMILES string of the molecule is Cc1nc(C(=O)NCC2CCCO2)c(C)s1. The fourth-order valence-corrected chi connectivity index (χ4v) is 2.65. The molecule has 0 spiro atoms. The largest absolute Gasteiger partial charge is 0.376 e. The molecule has 2 heterocycles. The first-order valence-electron chi connectivity index (χ1n) is 5.50. The summed E-state index contributed by atoms with van der Waals surface area (Å²) in [5.74, 6) is -0.0858. The summed E-state index contributed by atoms with van der Waals surface area (Å²) in [6.07, 6.45) is 2.31. The van der Waals surface area contributed by atoms with E-state index in [1.807, 2.05) is 13.8 Å². The van der Waals surface area contributed by atoms with E-state index in [1.54, 1.807) is 11.3 Å². The summed E-state index contributed by atoms with van der Waals surface area (Å²) in [5.41, 5.74) is 0.556. The van der Waals surface area contributed by atoms with Crippen LogP contribution in [0.15, 0.2) is 0 Å². The van der Waals surface area contributed by atoms with Crippen LogP contribution >= 0.6 is 11.3 Å². The molecule has 1 fully saturated rings. The van der Waals surface area contributed by atoms with E-state index in [4.69, 9.17) is 4.74 Å². The van der Waals surface area contributed by atoms with E-state index in [-0.39, 0.29) is 12.0 Å². The number of carbonyl (C=O) groups is 1. The Kier molecular flexibility index (Phi) is 3.56. The van der Waals surface area contributed by atoms with Crippen LogP contribution in [0, 0.1) is 13.8 Å². The van der Waals surface area contributed by atoms with E-state index in [1.165, 1.54) is 0 Å². The average molecular weight is 240 g/mol. The van der Waals surface area contributed by atoms with Gasteiger partial charge in [0.25, 0.3) is 5.91 Å². The van der Waals surface area contributed by atoms with Crippen LogP contribution in [-0.4, -0.2) is 30.1 Å². The fraction of sp³-hybridized carbons (Fsp3) is 0.636. The van der Waals surface area contributed by atoms with Crippen molar-refractivity contribution >= 4 is 17.2 Å². The standard InChI is InChI=1S/C11H16N2O2S/c1-7-10(13-8(2)16-7)11(14)12-6-9-4-3-5-15-9/h9H,3-6H2,1-2H3,(H,12,14). The number of aromatic nitrogens is 1. The Balaban J connectivity index is 1.90. The summed E-state index contributed by atoms with van der Waals surface area (Å²) < 4.78 is 5.44. The highest BCUT2D eigenvalue weighted by Crippen LogP contribution is 2.16. The van der Waals surface area contributed by atoms with Crippen LogP contribution in [0.2, 0.25) is 0 Å². The van der Waals surface area contributed by atoms with Gasteiger partial charge in [0.2, 0.25) is 0 Å². The first-order chi connectivity index (χ1) is 7.66. The highest BCUT2D eigenvalue weighted by molar-refractivity contribution is 7.11. The molecule has 1 saturated heterocycles. The topological polar surface area (TPSA) is 51.2 Å². The van der Waals surface area contributed by atoms with Crippen LogP contribution in [-0.2, 0) is 4.74 Å². The van der Waals surface area contributed by atoms with Crippen LogP contribution in [0.4, 0.5) is 0 Å². The van der Waals surface area contributed by atoms with Gasteiger partial charge >= 0.3 is 0 Å². The van der Waals surface area contributed by atoms with E-state index >= 15 is 0 Å². The highest BCUT2D eigenvalue weighted by atomic mass is 32.1. The summed E-state index contributed by atoms with van der Waals surface area (Å²) in [7, 11) is 0. The van der Waals surface area contributed by atoms with Gasteiger partial charge in [0.1, 0.15) is 5.69 Å². The number of nitrogens with one attached hydrogen (secondary N) is 1. The maximum absolute atomic E-state index is 11.8. The Morgan fingerprint density at radius 2 is 2.44 bits per heavy atom. The molecule has 1 amide bonds. The lowest BCUT2D eigenvalue weighted by Gasteiger charge is -2.09. The minimum absolute atomic E-state index is 0.0858. The van der Waals surface area contributed by atoms with E-state index in [0.29, 0.717) is 12.2 Å². The van der Waals surface area contributed by atoms with Gasteiger partial charge in [-0.25, -0.2) is 4.98 Å². The predicted octanol–water partition coefficient (Wildman–Crippen LogP) is 1.67. The summed E-state index contributed by atoms with van der Waals surface area (Å²) in [6.45, 7) is 5.24. The minimum Gasteiger partial charge on any atom is -0.376 e. The van der Waals surface area contributed by atoms with Gasteiger partial charge in [0.15, 0.2) is 0 Å². The number of ether oxygens (including phenoxy) is 1. The molecule has 16 heavy (non-hydrogen) atoms. The monoisotopic (exact) mass is 240 g/mol. The van der Waals surface area contributed by atoms with Crippen LogP contribution in [0.25, 0.3) is 0 Å². The Labute approximate surface area is 99.0 Å². The molecule has 1 atom stereocenters. The zero-order valence-corrected chi connectivity index (χ0v) is 10.4. The molecule has 1 N–H and O–H groups in total. The molecule has 0 aliphatic carbocycles. The number of amides is 1. The first-order valence-corrected chi connectivity index (χ1v) is 6.32. The Morgan fingerprint density at radius 3 is 3.00 bits per heavy atom. The average Bonchev–Trinajstić information content (AvgIpc) is 2.84. The minimum atomic E-state index is -0.0858. The third kappa shape index (κ3) is 2.59. The maximum atomic E-state index is 11.8. The molecule has 0 radical (unpaired) electrons. The molecular weight excluding hydrogens is 224 g/mol. The molecule has 2 rings (SSSR count). The lowest BCUT2D eigenvalue weighted by atomic mass is 10.2. The van der Waals surface area contributed by atoms with E-state index in [0.717, 1.165) is 29.3 Å². The molecule has 4 nitrogen and oxygen atoms in total. The van der Waals surface area contributed by atoms with Crippen molar-refractivity contribution in [2.24, 2.45) is 0 Å². The number of thiazole rings is 1. The zero-order chi connectivity index (χ0) is 11.5. The van der Waals surface area contributed by atoms with Gasteiger partial charge in [-0.3, -0.25) is 4.79 Å². The van der Waals surface area contributed by atoms with Gasteiger partial charge in [0, 0.05) is 18.0 Å². The zero-order valence-electron chi connectivity index (χ0n) is 9.58. The lowest BCUT2D eigenvalue weighted by Crippen LogP contribution is -2.32. The van der Waals surface area contributed by atoms with Gasteiger partial charge in [-0.05, 0) is 26.7 Å². The van der Waals surface area contributed by atoms with Crippen LogP contribution in [0.5, 0.6) is 0 Å². The van der Waals surface area contributed by atoms with Gasteiger partial charge < -0.3 is 10.1 Å². The molecule has 1 aromatic heterocycles. The van der Waals surface area contributed by atoms with Crippen molar-refractivity contribution in [3.63, 3.8) is 0 Å². The number of nitrogens with zero attached hydrogens (tertiary/aromatic N) is 1. The van der Waals surface area contributed by atoms with Crippen molar-refractivity contribution in [2.45, 2.75) is 32.8 Å². The molecule has 88 valence electrons. The Hall–Kier alpha value is -0.940. The number of hydrogen-bond acceptors (Lipinski definition) is 4. The first kappa shape index (κ1) is 11.5. The van der Waals surface area contributed by atoms with Crippen molar-refractivity contribution in [3.05, 3.63) is 15.6 Å². The summed E-state index contributed by atoms with van der Waals surface area (Å²) in [6, 6.07) is 0. The van der Waals surface area contributed by atoms with Crippen LogP contribution < -0.4 is 5.32 Å². The molecule has 1 aromatic rings. The van der Waals surface area contributed by atoms with E-state index in [9.17, 15) is 4.79 Å². The summed E-state index contributed by atoms with van der Waals surface area (Å²) >= 11 is 1.55. The number of hydrogen-bond donors (Lipinski definition) is 1. The van der Waals surface area contributed by atoms with E-state index < -0.39 is 0 Å². The molecular formula is C11H16N2O2S. The van der Waals surface area contributed by atoms with Crippen molar-refractivity contribution in [3.8, 4) is 0 Å². The third-order valence-corrected chi connectivity index (χ3v) is 3.52. The molecule has 1 aliphatic heterocycles. The predicted molar refractivity (Wildman–Crippen MR) is 62.9 cm³/mol. The van der Waals surface area contributed by atoms with Crippen LogP contribution in [0.1, 0.15) is 33.2 Å². The number of rotatable bonds is 3. The quantitative estimate of drug-likeness (QED) is 0.874. The number of aryl methyl sites for hydroxylation is 2. The normalized spacial score (nSPS) is 20.0. The smallest absolute Gasteiger partial charge is 0.271 e. The molecule has 5 heteroatoms. The third-order valence-electron chi connectivity index (χ3n) is 2.63. The highest BCUT2D eigenvalue weighted by Gasteiger charge is 2.18. The second-order valence-corrected chi connectivity index (χ2v) is 5.39. The Morgan fingerprint density at radius 1 is 1.62 bits per heavy atom. The van der Waals surface area contributed by atoms with Crippen molar-refractivity contribution in [1.82, 2.24) is 10.3 Å². The maximum Gasteiger partial charge on any atom is 0.271 e. The lowest BCUT2D eigenvalue weighted by molar-refractivity contribution is 0.0853. The van der Waals surface area contributed by atoms with Crippen LogP contribution in [0.3, 0.4) is 0 Å².